The van der Waals surface area contributed by atoms with Gasteiger partial charge in [0.25, 0.3) is 0 Å². The molecule has 0 heterocycles. The molecule has 0 fully saturated rings. The fourth-order valence-corrected chi connectivity index (χ4v) is 2.75. The zero-order valence-electron chi connectivity index (χ0n) is 12.0. The molecular weight excluding hydrogens is 280 g/mol. The van der Waals surface area contributed by atoms with Gasteiger partial charge in [0.2, 0.25) is 10.0 Å². The molecule has 0 saturated carbocycles. The quantitative estimate of drug-likeness (QED) is 0.644. The maximum atomic E-state index is 11.9. The van der Waals surface area contributed by atoms with E-state index in [1.807, 2.05) is 0 Å². The van der Waals surface area contributed by atoms with Crippen LogP contribution in [0.1, 0.15) is 20.8 Å². The normalized spacial score (nSPS) is 14.0. The van der Waals surface area contributed by atoms with Gasteiger partial charge in [-0.2, -0.15) is 0 Å². The molecule has 0 aliphatic heterocycles. The average Bonchev–Trinajstić information content (AvgIpc) is 2.30. The summed E-state index contributed by atoms with van der Waals surface area (Å²) >= 11 is 0. The molecule has 0 spiro atoms. The molecule has 4 N–H and O–H groups in total. The van der Waals surface area contributed by atoms with Crippen molar-refractivity contribution < 1.29 is 18.3 Å². The van der Waals surface area contributed by atoms with E-state index in [1.165, 1.54) is 6.92 Å². The van der Waals surface area contributed by atoms with Gasteiger partial charge < -0.3 is 15.6 Å². The number of hydrogen-bond acceptors (Lipinski definition) is 5. The van der Waals surface area contributed by atoms with E-state index in [-0.39, 0.29) is 12.4 Å². The van der Waals surface area contributed by atoms with E-state index in [9.17, 15) is 13.5 Å². The van der Waals surface area contributed by atoms with Gasteiger partial charge in [-0.05, 0) is 45.0 Å². The van der Waals surface area contributed by atoms with Crippen LogP contribution in [-0.4, -0.2) is 37.5 Å². The van der Waals surface area contributed by atoms with Crippen molar-refractivity contribution in [1.29, 1.82) is 0 Å². The van der Waals surface area contributed by atoms with Gasteiger partial charge in [0, 0.05) is 5.69 Å². The number of nitrogens with two attached hydrogens (primary N) is 1. The summed E-state index contributed by atoms with van der Waals surface area (Å²) in [6.45, 7) is 4.80. The van der Waals surface area contributed by atoms with Crippen LogP contribution in [0.15, 0.2) is 24.3 Å². The van der Waals surface area contributed by atoms with Crippen LogP contribution in [0.4, 0.5) is 5.69 Å². The molecule has 1 atom stereocenters. The Balaban J connectivity index is 2.50. The zero-order chi connectivity index (χ0) is 15.4. The topological polar surface area (TPSA) is 102 Å². The molecule has 0 aromatic heterocycles. The first-order chi connectivity index (χ1) is 9.12. The fraction of sp³-hybridized carbons (Fsp3) is 0.538. The minimum absolute atomic E-state index is 0.0230. The molecule has 114 valence electrons. The molecule has 0 aliphatic carbocycles. The highest BCUT2D eigenvalue weighted by Gasteiger charge is 2.29. The van der Waals surface area contributed by atoms with E-state index >= 15 is 0 Å². The number of nitrogen functional groups attached to an aromatic ring is 1. The Labute approximate surface area is 120 Å². The number of rotatable bonds is 7. The summed E-state index contributed by atoms with van der Waals surface area (Å²) in [6, 6.07) is 6.71. The summed E-state index contributed by atoms with van der Waals surface area (Å²) in [5, 5.41) is 9.50. The third kappa shape index (κ3) is 5.36. The van der Waals surface area contributed by atoms with Crippen LogP contribution >= 0.6 is 0 Å². The van der Waals surface area contributed by atoms with Crippen molar-refractivity contribution in [2.24, 2.45) is 0 Å². The predicted molar refractivity (Wildman–Crippen MR) is 79.0 cm³/mol. The van der Waals surface area contributed by atoms with Crippen LogP contribution in [0.25, 0.3) is 0 Å². The van der Waals surface area contributed by atoms with Crippen molar-refractivity contribution in [1.82, 2.24) is 4.72 Å². The number of ether oxygens (including phenoxy) is 1. The lowest BCUT2D eigenvalue weighted by Gasteiger charge is -2.28. The third-order valence-corrected chi connectivity index (χ3v) is 4.51. The Morgan fingerprint density at radius 3 is 2.40 bits per heavy atom. The number of hydrogen-bond donors (Lipinski definition) is 3. The number of aliphatic hydroxyl groups is 1. The number of benzene rings is 1. The lowest BCUT2D eigenvalue weighted by atomic mass is 10.0. The standard InChI is InChI=1S/C13H22N2O4S/c1-10(16)13(2,3)15-20(17,18)9-8-19-12-6-4-11(14)5-7-12/h4-7,10,15-16H,8-9,14H2,1-3H3. The molecule has 1 aromatic carbocycles. The first-order valence-electron chi connectivity index (χ1n) is 6.30. The van der Waals surface area contributed by atoms with Gasteiger partial charge in [0.05, 0.1) is 17.4 Å². The molecule has 0 aliphatic rings. The SMILES string of the molecule is CC(O)C(C)(C)NS(=O)(=O)CCOc1ccc(N)cc1. The summed E-state index contributed by atoms with van der Waals surface area (Å²) in [4.78, 5) is 0. The second kappa shape index (κ2) is 6.43. The maximum absolute atomic E-state index is 11.9. The Morgan fingerprint density at radius 1 is 1.35 bits per heavy atom. The summed E-state index contributed by atoms with van der Waals surface area (Å²) < 4.78 is 31.5. The molecule has 20 heavy (non-hydrogen) atoms. The lowest BCUT2D eigenvalue weighted by Crippen LogP contribution is -2.51. The van der Waals surface area contributed by atoms with Crippen LogP contribution in [0.2, 0.25) is 0 Å². The van der Waals surface area contributed by atoms with Gasteiger partial charge in [-0.1, -0.05) is 0 Å². The summed E-state index contributed by atoms with van der Waals surface area (Å²) in [5.74, 6) is 0.372. The molecule has 1 unspecified atom stereocenters. The van der Waals surface area contributed by atoms with Crippen molar-refractivity contribution in [3.63, 3.8) is 0 Å². The monoisotopic (exact) mass is 302 g/mol. The fourth-order valence-electron chi connectivity index (χ4n) is 1.37. The first kappa shape index (κ1) is 16.7. The molecule has 0 bridgehead atoms. The summed E-state index contributed by atoms with van der Waals surface area (Å²) in [5.41, 5.74) is 5.24. The van der Waals surface area contributed by atoms with E-state index < -0.39 is 21.7 Å². The molecule has 0 saturated heterocycles. The Bertz CT molecular complexity index is 524. The number of nitrogens with one attached hydrogen (secondary N) is 1. The summed E-state index contributed by atoms with van der Waals surface area (Å²) in [6.07, 6.45) is -0.796. The van der Waals surface area contributed by atoms with Gasteiger partial charge >= 0.3 is 0 Å². The van der Waals surface area contributed by atoms with Gasteiger partial charge in [-0.15, -0.1) is 0 Å². The third-order valence-electron chi connectivity index (χ3n) is 2.96. The minimum atomic E-state index is -3.52. The molecule has 1 aromatic rings. The van der Waals surface area contributed by atoms with Gasteiger partial charge in [-0.25, -0.2) is 13.1 Å². The molecule has 6 nitrogen and oxygen atoms in total. The van der Waals surface area contributed by atoms with E-state index in [2.05, 4.69) is 4.72 Å². The van der Waals surface area contributed by atoms with Crippen LogP contribution in [-0.2, 0) is 10.0 Å². The Kier molecular flexibility index (Phi) is 5.38. The van der Waals surface area contributed by atoms with Crippen LogP contribution in [0, 0.1) is 0 Å². The van der Waals surface area contributed by atoms with Gasteiger partial charge in [0.1, 0.15) is 12.4 Å². The van der Waals surface area contributed by atoms with E-state index in [0.29, 0.717) is 11.4 Å². The second-order valence-electron chi connectivity index (χ2n) is 5.24. The highest BCUT2D eigenvalue weighted by molar-refractivity contribution is 7.89. The molecule has 0 amide bonds. The van der Waals surface area contributed by atoms with Crippen LogP contribution in [0.3, 0.4) is 0 Å². The average molecular weight is 302 g/mol. The molecule has 1 rings (SSSR count). The van der Waals surface area contributed by atoms with Gasteiger partial charge in [-0.3, -0.25) is 0 Å². The Hall–Kier alpha value is -1.31. The van der Waals surface area contributed by atoms with Crippen molar-refractivity contribution in [2.45, 2.75) is 32.4 Å². The second-order valence-corrected chi connectivity index (χ2v) is 7.08. The molecular formula is C13H22N2O4S. The smallest absolute Gasteiger partial charge is 0.215 e. The predicted octanol–water partition coefficient (Wildman–Crippen LogP) is 0.726. The summed E-state index contributed by atoms with van der Waals surface area (Å²) in [7, 11) is -3.52. The van der Waals surface area contributed by atoms with E-state index in [0.717, 1.165) is 0 Å². The maximum Gasteiger partial charge on any atom is 0.215 e. The van der Waals surface area contributed by atoms with Crippen LogP contribution in [0.5, 0.6) is 5.75 Å². The lowest BCUT2D eigenvalue weighted by molar-refractivity contribution is 0.111. The number of sulfonamides is 1. The van der Waals surface area contributed by atoms with Crippen molar-refractivity contribution >= 4 is 15.7 Å². The van der Waals surface area contributed by atoms with E-state index in [1.54, 1.807) is 38.1 Å². The van der Waals surface area contributed by atoms with Crippen molar-refractivity contribution in [3.8, 4) is 5.75 Å². The molecule has 0 radical (unpaired) electrons. The zero-order valence-corrected chi connectivity index (χ0v) is 12.8. The van der Waals surface area contributed by atoms with Crippen molar-refractivity contribution in [2.75, 3.05) is 18.1 Å². The Morgan fingerprint density at radius 2 is 1.90 bits per heavy atom. The molecule has 7 heteroatoms. The van der Waals surface area contributed by atoms with Crippen molar-refractivity contribution in [3.05, 3.63) is 24.3 Å². The number of anilines is 1. The first-order valence-corrected chi connectivity index (χ1v) is 7.96. The van der Waals surface area contributed by atoms with Crippen LogP contribution < -0.4 is 15.2 Å². The van der Waals surface area contributed by atoms with Gasteiger partial charge in [0.15, 0.2) is 0 Å². The largest absolute Gasteiger partial charge is 0.492 e. The van der Waals surface area contributed by atoms with E-state index in [4.69, 9.17) is 10.5 Å². The minimum Gasteiger partial charge on any atom is -0.492 e. The highest BCUT2D eigenvalue weighted by Crippen LogP contribution is 2.14. The number of aliphatic hydroxyl groups excluding tert-OH is 1. The highest BCUT2D eigenvalue weighted by atomic mass is 32.2.